The third kappa shape index (κ3) is 5.55. The van der Waals surface area contributed by atoms with Crippen molar-refractivity contribution in [3.63, 3.8) is 0 Å². The van der Waals surface area contributed by atoms with Gasteiger partial charge in [0.05, 0.1) is 6.04 Å². The number of halogens is 2. The zero-order valence-electron chi connectivity index (χ0n) is 16.5. The number of likely N-dealkylation sites (tertiary alicyclic amines) is 1. The highest BCUT2D eigenvalue weighted by Gasteiger charge is 2.38. The molecule has 9 heteroatoms. The third-order valence-corrected chi connectivity index (χ3v) is 5.99. The van der Waals surface area contributed by atoms with Crippen molar-refractivity contribution in [2.24, 2.45) is 0 Å². The molecule has 1 fully saturated rings. The van der Waals surface area contributed by atoms with Crippen molar-refractivity contribution >= 4 is 41.0 Å². The molecule has 7 nitrogen and oxygen atoms in total. The summed E-state index contributed by atoms with van der Waals surface area (Å²) in [5.74, 6) is -2.20. The topological polar surface area (TPSA) is 107 Å². The van der Waals surface area contributed by atoms with Crippen LogP contribution in [0.2, 0.25) is 10.0 Å². The summed E-state index contributed by atoms with van der Waals surface area (Å²) in [7, 11) is 0. The number of nitrogens with zero attached hydrogens (tertiary/aromatic N) is 1. The van der Waals surface area contributed by atoms with E-state index in [0.29, 0.717) is 15.6 Å². The lowest BCUT2D eigenvalue weighted by atomic mass is 10.0. The number of hydrogen-bond donors (Lipinski definition) is 3. The van der Waals surface area contributed by atoms with Gasteiger partial charge in [0.2, 0.25) is 11.8 Å². The lowest BCUT2D eigenvalue weighted by Crippen LogP contribution is -2.53. The molecule has 3 unspecified atom stereocenters. The summed E-state index contributed by atoms with van der Waals surface area (Å²) in [6.45, 7) is 0.0558. The Bertz CT molecular complexity index is 949. The predicted octanol–water partition coefficient (Wildman–Crippen LogP) is 2.66. The zero-order chi connectivity index (χ0) is 22.5. The van der Waals surface area contributed by atoms with Gasteiger partial charge in [0.1, 0.15) is 6.04 Å². The second kappa shape index (κ2) is 10.1. The molecule has 0 radical (unpaired) electrons. The van der Waals surface area contributed by atoms with Gasteiger partial charge >= 0.3 is 5.97 Å². The number of benzene rings is 2. The molecule has 31 heavy (non-hydrogen) atoms. The van der Waals surface area contributed by atoms with Crippen LogP contribution in [-0.2, 0) is 27.3 Å². The molecule has 1 saturated heterocycles. The Morgan fingerprint density at radius 3 is 2.35 bits per heavy atom. The van der Waals surface area contributed by atoms with Gasteiger partial charge in [0.25, 0.3) is 0 Å². The van der Waals surface area contributed by atoms with Crippen LogP contribution in [0.3, 0.4) is 0 Å². The number of aliphatic hydroxyl groups is 1. The molecule has 3 rings (SSSR count). The highest BCUT2D eigenvalue weighted by atomic mass is 35.5. The smallest absolute Gasteiger partial charge is 0.334 e. The minimum Gasteiger partial charge on any atom is -0.479 e. The molecule has 0 aliphatic carbocycles. The van der Waals surface area contributed by atoms with Gasteiger partial charge in [-0.1, -0.05) is 59.6 Å². The van der Waals surface area contributed by atoms with E-state index in [-0.39, 0.29) is 31.7 Å². The Labute approximate surface area is 189 Å². The Morgan fingerprint density at radius 1 is 1.10 bits per heavy atom. The number of rotatable bonds is 8. The fraction of sp³-hybridized carbons (Fsp3) is 0.318. The molecule has 0 aromatic heterocycles. The van der Waals surface area contributed by atoms with Gasteiger partial charge in [-0.05, 0) is 30.5 Å². The first-order chi connectivity index (χ1) is 14.8. The molecular formula is C22H22Cl2N2O5. The number of carboxylic acid groups (broad SMARTS) is 1. The average Bonchev–Trinajstić information content (AvgIpc) is 3.10. The number of nitrogens with one attached hydrogen (secondary N) is 1. The minimum absolute atomic E-state index is 0.0558. The van der Waals surface area contributed by atoms with Gasteiger partial charge in [-0.25, -0.2) is 4.79 Å². The van der Waals surface area contributed by atoms with Crippen molar-refractivity contribution in [3.8, 4) is 0 Å². The van der Waals surface area contributed by atoms with Crippen LogP contribution in [-0.4, -0.2) is 51.1 Å². The van der Waals surface area contributed by atoms with E-state index in [1.807, 2.05) is 6.07 Å². The summed E-state index contributed by atoms with van der Waals surface area (Å²) in [6, 6.07) is 12.0. The maximum Gasteiger partial charge on any atom is 0.334 e. The monoisotopic (exact) mass is 464 g/mol. The molecule has 164 valence electrons. The van der Waals surface area contributed by atoms with Crippen molar-refractivity contribution in [2.75, 3.05) is 0 Å². The van der Waals surface area contributed by atoms with Gasteiger partial charge in [-0.2, -0.15) is 0 Å². The van der Waals surface area contributed by atoms with E-state index in [4.69, 9.17) is 23.2 Å². The van der Waals surface area contributed by atoms with Crippen LogP contribution in [0.4, 0.5) is 0 Å². The highest BCUT2D eigenvalue weighted by molar-refractivity contribution is 6.36. The first-order valence-corrected chi connectivity index (χ1v) is 10.5. The van der Waals surface area contributed by atoms with Crippen LogP contribution in [0.15, 0.2) is 48.5 Å². The molecule has 3 atom stereocenters. The Hall–Kier alpha value is -2.61. The largest absolute Gasteiger partial charge is 0.479 e. The summed E-state index contributed by atoms with van der Waals surface area (Å²) in [5.41, 5.74) is 1.29. The van der Waals surface area contributed by atoms with Crippen molar-refractivity contribution in [1.82, 2.24) is 10.2 Å². The number of carbonyl (C=O) groups is 3. The van der Waals surface area contributed by atoms with Crippen molar-refractivity contribution in [1.29, 1.82) is 0 Å². The molecule has 1 aliphatic heterocycles. The summed E-state index contributed by atoms with van der Waals surface area (Å²) in [5, 5.41) is 22.8. The zero-order valence-corrected chi connectivity index (χ0v) is 18.0. The summed E-state index contributed by atoms with van der Waals surface area (Å²) < 4.78 is 0. The average molecular weight is 465 g/mol. The second-order valence-electron chi connectivity index (χ2n) is 7.36. The third-order valence-electron chi connectivity index (χ3n) is 5.28. The summed E-state index contributed by atoms with van der Waals surface area (Å²) in [4.78, 5) is 38.2. The normalized spacial score (nSPS) is 18.0. The fourth-order valence-corrected chi connectivity index (χ4v) is 4.14. The molecule has 2 amide bonds. The maximum absolute atomic E-state index is 13.0. The van der Waals surface area contributed by atoms with Gasteiger partial charge < -0.3 is 20.4 Å². The molecule has 0 bridgehead atoms. The number of amides is 2. The quantitative estimate of drug-likeness (QED) is 0.556. The van der Waals surface area contributed by atoms with Crippen LogP contribution < -0.4 is 5.32 Å². The first-order valence-electron chi connectivity index (χ1n) is 9.75. The van der Waals surface area contributed by atoms with E-state index in [0.717, 1.165) is 5.56 Å². The second-order valence-corrected chi connectivity index (χ2v) is 8.18. The minimum atomic E-state index is -1.80. The molecule has 3 N–H and O–H groups in total. The van der Waals surface area contributed by atoms with Crippen LogP contribution in [0.25, 0.3) is 0 Å². The first kappa shape index (κ1) is 23.1. The maximum atomic E-state index is 13.0. The highest BCUT2D eigenvalue weighted by Crippen LogP contribution is 2.29. The van der Waals surface area contributed by atoms with Crippen LogP contribution in [0.5, 0.6) is 0 Å². The van der Waals surface area contributed by atoms with Crippen molar-refractivity contribution in [2.45, 2.75) is 44.0 Å². The van der Waals surface area contributed by atoms with E-state index < -0.39 is 30.1 Å². The van der Waals surface area contributed by atoms with E-state index in [2.05, 4.69) is 5.32 Å². The summed E-state index contributed by atoms with van der Waals surface area (Å²) >= 11 is 12.4. The number of aliphatic carboxylic acids is 1. The van der Waals surface area contributed by atoms with Gasteiger partial charge in [-0.3, -0.25) is 9.59 Å². The standard InChI is InChI=1S/C22H22Cl2N2O5/c23-15-7-4-8-16(24)14(15)12-26-18(9-10-19(26)27)21(29)25-17(20(28)22(30)31)11-13-5-2-1-3-6-13/h1-8,17-18,20,28H,9-12H2,(H,25,29)(H,30,31). The molecule has 0 saturated carbocycles. The molecule has 1 heterocycles. The van der Waals surface area contributed by atoms with Gasteiger partial charge in [0.15, 0.2) is 6.10 Å². The number of carbonyl (C=O) groups excluding carboxylic acids is 2. The van der Waals surface area contributed by atoms with Crippen molar-refractivity contribution in [3.05, 3.63) is 69.7 Å². The van der Waals surface area contributed by atoms with Gasteiger partial charge in [-0.15, -0.1) is 0 Å². The number of hydrogen-bond acceptors (Lipinski definition) is 4. The lowest BCUT2D eigenvalue weighted by molar-refractivity contribution is -0.149. The van der Waals surface area contributed by atoms with Crippen LogP contribution in [0, 0.1) is 0 Å². The fourth-order valence-electron chi connectivity index (χ4n) is 3.62. The van der Waals surface area contributed by atoms with E-state index >= 15 is 0 Å². The molecule has 1 aliphatic rings. The Kier molecular flexibility index (Phi) is 7.54. The van der Waals surface area contributed by atoms with Crippen LogP contribution >= 0.6 is 23.2 Å². The predicted molar refractivity (Wildman–Crippen MR) is 116 cm³/mol. The summed E-state index contributed by atoms with van der Waals surface area (Å²) in [6.07, 6.45) is -1.23. The molecular weight excluding hydrogens is 443 g/mol. The molecule has 0 spiro atoms. The van der Waals surface area contributed by atoms with E-state index in [1.54, 1.807) is 42.5 Å². The van der Waals surface area contributed by atoms with Gasteiger partial charge in [0, 0.05) is 28.6 Å². The van der Waals surface area contributed by atoms with Crippen LogP contribution in [0.1, 0.15) is 24.0 Å². The molecule has 2 aromatic carbocycles. The SMILES string of the molecule is O=C(O)C(O)C(Cc1ccccc1)NC(=O)C1CCC(=O)N1Cc1c(Cl)cccc1Cl. The Balaban J connectivity index is 1.78. The van der Waals surface area contributed by atoms with E-state index in [9.17, 15) is 24.6 Å². The number of carboxylic acids is 1. The van der Waals surface area contributed by atoms with E-state index in [1.165, 1.54) is 4.90 Å². The lowest BCUT2D eigenvalue weighted by Gasteiger charge is -2.28. The molecule has 2 aromatic rings. The number of aliphatic hydroxyl groups excluding tert-OH is 1. The Morgan fingerprint density at radius 2 is 1.74 bits per heavy atom. The van der Waals surface area contributed by atoms with Crippen molar-refractivity contribution < 1.29 is 24.6 Å².